The van der Waals surface area contributed by atoms with Crippen LogP contribution < -0.4 is 4.74 Å². The van der Waals surface area contributed by atoms with Gasteiger partial charge in [-0.3, -0.25) is 4.90 Å². The number of fused-ring (bicyclic) bond motifs is 1. The Balaban J connectivity index is 2.07. The molecule has 3 rings (SSSR count). The van der Waals surface area contributed by atoms with E-state index in [9.17, 15) is 14.0 Å². The minimum absolute atomic E-state index is 0.240. The summed E-state index contributed by atoms with van der Waals surface area (Å²) in [6, 6.07) is 8.81. The molecule has 0 N–H and O–H groups in total. The predicted molar refractivity (Wildman–Crippen MR) is 118 cm³/mol. The number of rotatable bonds is 5. The van der Waals surface area contributed by atoms with E-state index < -0.39 is 23.7 Å². The number of hydrogen-bond acceptors (Lipinski definition) is 5. The molecule has 0 aromatic heterocycles. The second-order valence-corrected chi connectivity index (χ2v) is 8.88. The third-order valence-electron chi connectivity index (χ3n) is 4.88. The van der Waals surface area contributed by atoms with Crippen molar-refractivity contribution in [1.82, 2.24) is 4.90 Å². The third-order valence-corrected chi connectivity index (χ3v) is 5.11. The Kier molecular flexibility index (Phi) is 7.29. The van der Waals surface area contributed by atoms with Gasteiger partial charge in [0.1, 0.15) is 17.2 Å². The van der Waals surface area contributed by atoms with Gasteiger partial charge < -0.3 is 14.2 Å². The van der Waals surface area contributed by atoms with Crippen molar-refractivity contribution in [3.8, 4) is 5.75 Å². The third kappa shape index (κ3) is 5.71. The zero-order valence-electron chi connectivity index (χ0n) is 18.6. The maximum Gasteiger partial charge on any atom is 0.411 e. The number of ether oxygens (including phenoxy) is 3. The van der Waals surface area contributed by atoms with Gasteiger partial charge in [-0.25, -0.2) is 14.0 Å². The molecule has 172 valence electrons. The number of hydrogen-bond donors (Lipinski definition) is 0. The first-order valence-corrected chi connectivity index (χ1v) is 10.8. The maximum absolute atomic E-state index is 13.9. The summed E-state index contributed by atoms with van der Waals surface area (Å²) in [5.41, 5.74) is 1.40. The molecule has 1 aliphatic heterocycles. The van der Waals surface area contributed by atoms with Gasteiger partial charge in [0.05, 0.1) is 12.6 Å². The van der Waals surface area contributed by atoms with Crippen LogP contribution in [0.1, 0.15) is 50.4 Å². The molecule has 0 bridgehead atoms. The molecule has 6 nitrogen and oxygen atoms in total. The van der Waals surface area contributed by atoms with Crippen LogP contribution in [-0.4, -0.2) is 42.3 Å². The summed E-state index contributed by atoms with van der Waals surface area (Å²) in [6.45, 7) is 7.35. The summed E-state index contributed by atoms with van der Waals surface area (Å²) in [6.07, 6.45) is -0.0311. The van der Waals surface area contributed by atoms with Gasteiger partial charge in [-0.05, 0) is 75.6 Å². The molecule has 0 radical (unpaired) electrons. The number of esters is 1. The van der Waals surface area contributed by atoms with Crippen LogP contribution in [0.3, 0.4) is 0 Å². The van der Waals surface area contributed by atoms with Crippen molar-refractivity contribution in [1.29, 1.82) is 0 Å². The van der Waals surface area contributed by atoms with Gasteiger partial charge in [-0.2, -0.15) is 0 Å². The summed E-state index contributed by atoms with van der Waals surface area (Å²) in [5.74, 6) is -0.486. The van der Waals surface area contributed by atoms with E-state index in [2.05, 4.69) is 0 Å². The fourth-order valence-corrected chi connectivity index (χ4v) is 3.83. The van der Waals surface area contributed by atoms with E-state index >= 15 is 0 Å². The van der Waals surface area contributed by atoms with Crippen LogP contribution in [0.25, 0.3) is 0 Å². The lowest BCUT2D eigenvalue weighted by atomic mass is 9.88. The van der Waals surface area contributed by atoms with Gasteiger partial charge in [0.25, 0.3) is 0 Å². The minimum Gasteiger partial charge on any atom is -0.482 e. The van der Waals surface area contributed by atoms with Crippen molar-refractivity contribution in [2.45, 2.75) is 45.8 Å². The van der Waals surface area contributed by atoms with Gasteiger partial charge in [0.2, 0.25) is 0 Å². The van der Waals surface area contributed by atoms with E-state index in [1.165, 1.54) is 12.1 Å². The highest BCUT2D eigenvalue weighted by Gasteiger charge is 2.36. The molecular weight excluding hydrogens is 437 g/mol. The highest BCUT2D eigenvalue weighted by Crippen LogP contribution is 2.41. The normalized spacial score (nSPS) is 15.7. The number of benzene rings is 2. The molecular formula is C24H27ClFNO5. The van der Waals surface area contributed by atoms with Gasteiger partial charge >= 0.3 is 12.1 Å². The average Bonchev–Trinajstić information content (AvgIpc) is 2.70. The Morgan fingerprint density at radius 2 is 1.91 bits per heavy atom. The van der Waals surface area contributed by atoms with Gasteiger partial charge in [-0.1, -0.05) is 17.7 Å². The van der Waals surface area contributed by atoms with Gasteiger partial charge in [0, 0.05) is 17.1 Å². The van der Waals surface area contributed by atoms with Crippen LogP contribution in [0, 0.1) is 5.82 Å². The van der Waals surface area contributed by atoms with E-state index in [0.717, 1.165) is 11.1 Å². The topological polar surface area (TPSA) is 65.1 Å². The molecule has 32 heavy (non-hydrogen) atoms. The van der Waals surface area contributed by atoms with Crippen molar-refractivity contribution in [2.24, 2.45) is 0 Å². The van der Waals surface area contributed by atoms with Crippen LogP contribution >= 0.6 is 11.6 Å². The first-order valence-electron chi connectivity index (χ1n) is 10.4. The first-order chi connectivity index (χ1) is 15.1. The molecule has 1 aliphatic rings. The molecule has 0 saturated heterocycles. The summed E-state index contributed by atoms with van der Waals surface area (Å²) in [4.78, 5) is 26.5. The Morgan fingerprint density at radius 3 is 2.59 bits per heavy atom. The molecule has 2 aromatic carbocycles. The number of nitrogens with zero attached hydrogens (tertiary/aromatic N) is 1. The van der Waals surface area contributed by atoms with Crippen molar-refractivity contribution in [2.75, 3.05) is 19.8 Å². The van der Waals surface area contributed by atoms with E-state index in [0.29, 0.717) is 29.3 Å². The van der Waals surface area contributed by atoms with E-state index in [1.807, 2.05) is 0 Å². The molecule has 2 aromatic rings. The Labute approximate surface area is 192 Å². The SMILES string of the molecule is CCOC(=O)COc1ccc(Cl)cc1C1c2ccc(F)cc2CCN1C(=O)OC(C)(C)C. The van der Waals surface area contributed by atoms with Crippen LogP contribution in [-0.2, 0) is 20.7 Å². The summed E-state index contributed by atoms with van der Waals surface area (Å²) in [7, 11) is 0. The zero-order valence-corrected chi connectivity index (χ0v) is 19.4. The van der Waals surface area contributed by atoms with Crippen molar-refractivity contribution < 1.29 is 28.2 Å². The Bertz CT molecular complexity index is 1000. The maximum atomic E-state index is 13.9. The van der Waals surface area contributed by atoms with Crippen LogP contribution in [0.5, 0.6) is 5.75 Å². The van der Waals surface area contributed by atoms with Gasteiger partial charge in [-0.15, -0.1) is 0 Å². The first kappa shape index (κ1) is 23.9. The highest BCUT2D eigenvalue weighted by molar-refractivity contribution is 6.30. The number of carbonyl (C=O) groups excluding carboxylic acids is 2. The lowest BCUT2D eigenvalue weighted by Gasteiger charge is -2.39. The number of halogens is 2. The van der Waals surface area contributed by atoms with Crippen molar-refractivity contribution in [3.05, 3.63) is 63.9 Å². The molecule has 1 heterocycles. The molecule has 1 atom stereocenters. The monoisotopic (exact) mass is 463 g/mol. The Hall–Kier alpha value is -2.80. The molecule has 0 spiro atoms. The number of carbonyl (C=O) groups is 2. The second-order valence-electron chi connectivity index (χ2n) is 8.45. The Morgan fingerprint density at radius 1 is 1.16 bits per heavy atom. The smallest absolute Gasteiger partial charge is 0.411 e. The molecule has 0 saturated carbocycles. The summed E-state index contributed by atoms with van der Waals surface area (Å²) < 4.78 is 30.2. The van der Waals surface area contributed by atoms with E-state index in [-0.39, 0.29) is 19.0 Å². The highest BCUT2D eigenvalue weighted by atomic mass is 35.5. The zero-order chi connectivity index (χ0) is 23.5. The minimum atomic E-state index is -0.692. The standard InChI is InChI=1S/C24H27ClFNO5/c1-5-30-21(28)14-31-20-9-6-16(25)13-19(20)22-18-8-7-17(26)12-15(18)10-11-27(22)23(29)32-24(2,3)4/h6-9,12-13,22H,5,10-11,14H2,1-4H3. The summed E-state index contributed by atoms with van der Waals surface area (Å²) >= 11 is 6.29. The second kappa shape index (κ2) is 9.77. The molecule has 1 unspecified atom stereocenters. The van der Waals surface area contributed by atoms with Gasteiger partial charge in [0.15, 0.2) is 6.61 Å². The van der Waals surface area contributed by atoms with Crippen LogP contribution in [0.15, 0.2) is 36.4 Å². The fourth-order valence-electron chi connectivity index (χ4n) is 3.65. The van der Waals surface area contributed by atoms with Crippen LogP contribution in [0.4, 0.5) is 9.18 Å². The number of amides is 1. The molecule has 0 aliphatic carbocycles. The fraction of sp³-hybridized carbons (Fsp3) is 0.417. The van der Waals surface area contributed by atoms with E-state index in [4.69, 9.17) is 25.8 Å². The quantitative estimate of drug-likeness (QED) is 0.563. The van der Waals surface area contributed by atoms with Crippen molar-refractivity contribution >= 4 is 23.7 Å². The van der Waals surface area contributed by atoms with Crippen molar-refractivity contribution in [3.63, 3.8) is 0 Å². The summed E-state index contributed by atoms with van der Waals surface area (Å²) in [5, 5.41) is 0.432. The molecule has 8 heteroatoms. The van der Waals surface area contributed by atoms with E-state index in [1.54, 1.807) is 56.9 Å². The molecule has 1 amide bonds. The predicted octanol–water partition coefficient (Wildman–Crippen LogP) is 5.30. The lowest BCUT2D eigenvalue weighted by molar-refractivity contribution is -0.145. The molecule has 0 fully saturated rings. The largest absolute Gasteiger partial charge is 0.482 e. The van der Waals surface area contributed by atoms with Crippen LogP contribution in [0.2, 0.25) is 5.02 Å². The lowest BCUT2D eigenvalue weighted by Crippen LogP contribution is -2.43. The average molecular weight is 464 g/mol.